The molecule has 1 aromatic carbocycles. The minimum Gasteiger partial charge on any atom is -0.342 e. The fraction of sp³-hybridized carbons (Fsp3) is 0.348. The first kappa shape index (κ1) is 23.3. The normalized spacial score (nSPS) is 18.2. The molecule has 6 nitrogen and oxygen atoms in total. The summed E-state index contributed by atoms with van der Waals surface area (Å²) in [6.07, 6.45) is 2.61. The molecule has 0 aliphatic carbocycles. The summed E-state index contributed by atoms with van der Waals surface area (Å²) in [6.45, 7) is 0.862. The van der Waals surface area contributed by atoms with Crippen molar-refractivity contribution in [2.45, 2.75) is 37.5 Å². The number of aromatic nitrogens is 3. The van der Waals surface area contributed by atoms with Crippen molar-refractivity contribution in [2.75, 3.05) is 13.6 Å². The van der Waals surface area contributed by atoms with Crippen molar-refractivity contribution < 1.29 is 18.0 Å². The highest BCUT2D eigenvalue weighted by Crippen LogP contribution is 2.36. The molecule has 1 fully saturated rings. The van der Waals surface area contributed by atoms with Crippen molar-refractivity contribution in [1.29, 1.82) is 0 Å². The van der Waals surface area contributed by atoms with Crippen molar-refractivity contribution in [2.24, 2.45) is 0 Å². The minimum atomic E-state index is -4.68. The van der Waals surface area contributed by atoms with Crippen LogP contribution in [0, 0.1) is 0 Å². The van der Waals surface area contributed by atoms with E-state index in [4.69, 9.17) is 11.6 Å². The van der Waals surface area contributed by atoms with E-state index in [1.165, 1.54) is 0 Å². The maximum atomic E-state index is 13.3. The van der Waals surface area contributed by atoms with Gasteiger partial charge in [-0.05, 0) is 49.7 Å². The zero-order valence-electron chi connectivity index (χ0n) is 17.9. The van der Waals surface area contributed by atoms with Gasteiger partial charge in [-0.3, -0.25) is 9.89 Å². The Morgan fingerprint density at radius 2 is 2.09 bits per heavy atom. The largest absolute Gasteiger partial charge is 0.417 e. The fourth-order valence-corrected chi connectivity index (χ4v) is 4.58. The van der Waals surface area contributed by atoms with E-state index in [9.17, 15) is 18.0 Å². The van der Waals surface area contributed by atoms with E-state index in [2.05, 4.69) is 25.4 Å². The third-order valence-electron chi connectivity index (χ3n) is 5.99. The van der Waals surface area contributed by atoms with Gasteiger partial charge in [-0.2, -0.15) is 18.3 Å². The number of hydrogen-bond acceptors (Lipinski definition) is 4. The molecule has 0 spiro atoms. The SMILES string of the molecule is [11CH3]N1CCCC[C@H]1[C@@H](NC(=O)c1nccc(C(F)(F)F)c1Cl)c1cccc(-c2cn[nH]c2)c1. The van der Waals surface area contributed by atoms with Crippen molar-refractivity contribution in [3.05, 3.63) is 70.8 Å². The number of rotatable bonds is 5. The lowest BCUT2D eigenvalue weighted by Crippen LogP contribution is -2.47. The summed E-state index contributed by atoms with van der Waals surface area (Å²) in [4.78, 5) is 19.2. The van der Waals surface area contributed by atoms with Crippen molar-refractivity contribution >= 4 is 17.5 Å². The predicted octanol–water partition coefficient (Wildman–Crippen LogP) is 5.10. The number of piperidine rings is 1. The fourth-order valence-electron chi connectivity index (χ4n) is 4.27. The van der Waals surface area contributed by atoms with Gasteiger partial charge >= 0.3 is 6.18 Å². The van der Waals surface area contributed by atoms with Crippen LogP contribution in [0.2, 0.25) is 5.02 Å². The van der Waals surface area contributed by atoms with Crippen LogP contribution in [0.3, 0.4) is 0 Å². The van der Waals surface area contributed by atoms with Crippen LogP contribution in [-0.2, 0) is 6.18 Å². The van der Waals surface area contributed by atoms with Crippen LogP contribution in [-0.4, -0.2) is 45.6 Å². The molecular formula is C23H23ClF3N5O. The summed E-state index contributed by atoms with van der Waals surface area (Å²) in [7, 11) is 1.98. The van der Waals surface area contributed by atoms with Crippen LogP contribution in [0.25, 0.3) is 11.1 Å². The second-order valence-corrected chi connectivity index (χ2v) is 8.50. The Labute approximate surface area is 194 Å². The van der Waals surface area contributed by atoms with Crippen LogP contribution in [0.5, 0.6) is 0 Å². The molecule has 3 aromatic rings. The van der Waals surface area contributed by atoms with E-state index in [0.717, 1.165) is 54.8 Å². The summed E-state index contributed by atoms with van der Waals surface area (Å²) >= 11 is 5.96. The van der Waals surface area contributed by atoms with E-state index in [1.54, 1.807) is 12.4 Å². The molecule has 1 saturated heterocycles. The van der Waals surface area contributed by atoms with Gasteiger partial charge in [0.2, 0.25) is 0 Å². The van der Waals surface area contributed by atoms with Gasteiger partial charge in [-0.15, -0.1) is 0 Å². The Morgan fingerprint density at radius 3 is 2.79 bits per heavy atom. The van der Waals surface area contributed by atoms with Gasteiger partial charge in [0.25, 0.3) is 5.91 Å². The number of H-pyrrole nitrogens is 1. The highest BCUT2D eigenvalue weighted by Gasteiger charge is 2.36. The Kier molecular flexibility index (Phi) is 6.71. The van der Waals surface area contributed by atoms with Crippen LogP contribution >= 0.6 is 11.6 Å². The summed E-state index contributed by atoms with van der Waals surface area (Å²) < 4.78 is 39.8. The lowest BCUT2D eigenvalue weighted by atomic mass is 9.88. The molecule has 1 aliphatic rings. The molecule has 0 radical (unpaired) electrons. The molecule has 2 atom stereocenters. The zero-order chi connectivity index (χ0) is 23.6. The first-order valence-electron chi connectivity index (χ1n) is 10.6. The van der Waals surface area contributed by atoms with Crippen LogP contribution < -0.4 is 5.32 Å². The number of aromatic amines is 1. The number of alkyl halides is 3. The van der Waals surface area contributed by atoms with Crippen molar-refractivity contribution in [3.63, 3.8) is 0 Å². The molecule has 10 heteroatoms. The number of nitrogens with zero attached hydrogens (tertiary/aromatic N) is 3. The average Bonchev–Trinajstić information content (AvgIpc) is 3.32. The van der Waals surface area contributed by atoms with E-state index in [1.807, 2.05) is 31.3 Å². The van der Waals surface area contributed by atoms with E-state index >= 15 is 0 Å². The molecule has 174 valence electrons. The van der Waals surface area contributed by atoms with Crippen LogP contribution in [0.4, 0.5) is 13.2 Å². The van der Waals surface area contributed by atoms with Gasteiger partial charge in [0.05, 0.1) is 22.8 Å². The molecule has 1 aliphatic heterocycles. The number of hydrogen-bond donors (Lipinski definition) is 2. The Balaban J connectivity index is 1.70. The number of likely N-dealkylation sites (tertiary alicyclic amines) is 1. The maximum absolute atomic E-state index is 13.3. The average molecular weight is 477 g/mol. The number of carbonyl (C=O) groups is 1. The van der Waals surface area contributed by atoms with Crippen molar-refractivity contribution in [3.8, 4) is 11.1 Å². The summed E-state index contributed by atoms with van der Waals surface area (Å²) in [5.74, 6) is -0.746. The third-order valence-corrected chi connectivity index (χ3v) is 6.37. The topological polar surface area (TPSA) is 73.9 Å². The number of halogens is 4. The summed E-state index contributed by atoms with van der Waals surface area (Å²) in [5.41, 5.74) is 1.11. The molecule has 1 amide bonds. The monoisotopic (exact) mass is 476 g/mol. The van der Waals surface area contributed by atoms with E-state index < -0.39 is 34.4 Å². The smallest absolute Gasteiger partial charge is 0.342 e. The molecule has 3 heterocycles. The maximum Gasteiger partial charge on any atom is 0.417 e. The van der Waals surface area contributed by atoms with E-state index in [-0.39, 0.29) is 6.04 Å². The first-order chi connectivity index (χ1) is 15.8. The third kappa shape index (κ3) is 5.04. The highest BCUT2D eigenvalue weighted by molar-refractivity contribution is 6.34. The van der Waals surface area contributed by atoms with Gasteiger partial charge in [-0.25, -0.2) is 4.98 Å². The molecular weight excluding hydrogens is 454 g/mol. The molecule has 0 bridgehead atoms. The Hall–Kier alpha value is -2.91. The Bertz CT molecular complexity index is 1120. The molecule has 2 aromatic heterocycles. The van der Waals surface area contributed by atoms with Crippen LogP contribution in [0.15, 0.2) is 48.9 Å². The number of nitrogens with one attached hydrogen (secondary N) is 2. The van der Waals surface area contributed by atoms with Gasteiger partial charge in [-0.1, -0.05) is 36.2 Å². The van der Waals surface area contributed by atoms with Gasteiger partial charge in [0.15, 0.2) is 0 Å². The van der Waals surface area contributed by atoms with Crippen molar-refractivity contribution in [1.82, 2.24) is 25.4 Å². The number of amides is 1. The van der Waals surface area contributed by atoms with Gasteiger partial charge in [0.1, 0.15) is 5.69 Å². The second-order valence-electron chi connectivity index (χ2n) is 8.13. The first-order valence-corrected chi connectivity index (χ1v) is 11.0. The minimum absolute atomic E-state index is 0.0353. The standard InChI is InChI=1S/C23H23ClF3N5O/c1-32-10-3-2-7-18(32)20(15-6-4-5-14(11-15)16-12-29-30-13-16)31-22(33)21-19(24)17(8-9-28-21)23(25,26)27/h4-6,8-9,11-13,18,20H,2-3,7,10H2,1H3,(H,29,30)(H,31,33)/t18-,20-/m0/s1/i1-1. The summed E-state index contributed by atoms with van der Waals surface area (Å²) in [5, 5.41) is 8.98. The Morgan fingerprint density at radius 1 is 1.27 bits per heavy atom. The molecule has 4 rings (SSSR count). The van der Waals surface area contributed by atoms with E-state index in [0.29, 0.717) is 0 Å². The molecule has 0 saturated carbocycles. The van der Waals surface area contributed by atoms with Gasteiger partial charge < -0.3 is 10.2 Å². The lowest BCUT2D eigenvalue weighted by molar-refractivity contribution is -0.137. The zero-order valence-corrected chi connectivity index (χ0v) is 18.6. The second kappa shape index (κ2) is 9.52. The number of benzene rings is 1. The van der Waals surface area contributed by atoms with Crippen LogP contribution in [0.1, 0.15) is 46.9 Å². The predicted molar refractivity (Wildman–Crippen MR) is 119 cm³/mol. The molecule has 0 unspecified atom stereocenters. The number of likely N-dealkylation sites (N-methyl/N-ethyl adjacent to an activating group) is 1. The molecule has 2 N–H and O–H groups in total. The highest BCUT2D eigenvalue weighted by atomic mass is 35.5. The quantitative estimate of drug-likeness (QED) is 0.537. The number of pyridine rings is 1. The number of carbonyl (C=O) groups excluding carboxylic acids is 1. The van der Waals surface area contributed by atoms with Gasteiger partial charge in [0, 0.05) is 24.0 Å². The lowest BCUT2D eigenvalue weighted by Gasteiger charge is -2.38. The molecule has 33 heavy (non-hydrogen) atoms. The summed E-state index contributed by atoms with van der Waals surface area (Å²) in [6, 6.07) is 7.93.